The molecule has 0 aliphatic carbocycles. The Morgan fingerprint density at radius 3 is 1.47 bits per heavy atom. The van der Waals surface area contributed by atoms with Gasteiger partial charge in [-0.15, -0.1) is 0 Å². The van der Waals surface area contributed by atoms with E-state index in [0.29, 0.717) is 17.5 Å². The molecule has 8 aromatic rings. The standard InChI is InChI=1S/C39H25N3O/c1-4-12-26(13-5-1)27-20-22-28(23-21-27)31-24-25-34-35(32-18-10-11-19-33(32)43-34)36(31)39-41-37(29-14-6-2-7-15-29)40-38(42-39)30-16-8-3-9-17-30/h1-25H. The summed E-state index contributed by atoms with van der Waals surface area (Å²) in [7, 11) is 0. The van der Waals surface area contributed by atoms with Crippen molar-refractivity contribution in [3.8, 4) is 56.4 Å². The van der Waals surface area contributed by atoms with E-state index in [1.54, 1.807) is 0 Å². The van der Waals surface area contributed by atoms with Gasteiger partial charge < -0.3 is 4.42 Å². The number of nitrogens with zero attached hydrogens (tertiary/aromatic N) is 3. The summed E-state index contributed by atoms with van der Waals surface area (Å²) in [5.74, 6) is 1.85. The van der Waals surface area contributed by atoms with E-state index in [4.69, 9.17) is 19.4 Å². The predicted octanol–water partition coefficient (Wildman–Crippen LogP) is 10.1. The average Bonchev–Trinajstić information content (AvgIpc) is 3.48. The number of fused-ring (bicyclic) bond motifs is 3. The van der Waals surface area contributed by atoms with E-state index in [-0.39, 0.29) is 0 Å². The molecule has 43 heavy (non-hydrogen) atoms. The third-order valence-corrected chi connectivity index (χ3v) is 7.77. The molecule has 4 nitrogen and oxygen atoms in total. The molecule has 202 valence electrons. The highest BCUT2D eigenvalue weighted by Crippen LogP contribution is 2.42. The van der Waals surface area contributed by atoms with E-state index in [2.05, 4.69) is 66.7 Å². The normalized spacial score (nSPS) is 11.3. The maximum absolute atomic E-state index is 6.34. The van der Waals surface area contributed by atoms with Crippen LogP contribution in [0.2, 0.25) is 0 Å². The van der Waals surface area contributed by atoms with Crippen molar-refractivity contribution in [1.29, 1.82) is 0 Å². The van der Waals surface area contributed by atoms with Crippen LogP contribution in [0.15, 0.2) is 156 Å². The van der Waals surface area contributed by atoms with Crippen LogP contribution in [0.5, 0.6) is 0 Å². The van der Waals surface area contributed by atoms with Gasteiger partial charge in [-0.3, -0.25) is 0 Å². The second-order valence-corrected chi connectivity index (χ2v) is 10.4. The van der Waals surface area contributed by atoms with Crippen molar-refractivity contribution in [3.05, 3.63) is 152 Å². The van der Waals surface area contributed by atoms with Crippen LogP contribution in [0.3, 0.4) is 0 Å². The lowest BCUT2D eigenvalue weighted by molar-refractivity contribution is 0.669. The Bertz CT molecular complexity index is 2150. The van der Waals surface area contributed by atoms with Gasteiger partial charge in [-0.1, -0.05) is 133 Å². The predicted molar refractivity (Wildman–Crippen MR) is 174 cm³/mol. The SMILES string of the molecule is c1ccc(-c2ccc(-c3ccc4oc5ccccc5c4c3-c3nc(-c4ccccc4)nc(-c4ccccc4)n3)cc2)cc1. The Hall–Kier alpha value is -5.87. The van der Waals surface area contributed by atoms with Gasteiger partial charge >= 0.3 is 0 Å². The van der Waals surface area contributed by atoms with Crippen molar-refractivity contribution in [3.63, 3.8) is 0 Å². The quantitative estimate of drug-likeness (QED) is 0.214. The molecule has 8 rings (SSSR count). The van der Waals surface area contributed by atoms with Crippen LogP contribution in [0, 0.1) is 0 Å². The Kier molecular flexibility index (Phi) is 6.08. The summed E-state index contributed by atoms with van der Waals surface area (Å²) in [6, 6.07) is 51.6. The summed E-state index contributed by atoms with van der Waals surface area (Å²) < 4.78 is 6.34. The van der Waals surface area contributed by atoms with Gasteiger partial charge in [-0.2, -0.15) is 0 Å². The number of aromatic nitrogens is 3. The summed E-state index contributed by atoms with van der Waals surface area (Å²) in [5.41, 5.74) is 8.86. The second kappa shape index (κ2) is 10.5. The van der Waals surface area contributed by atoms with Gasteiger partial charge in [0.25, 0.3) is 0 Å². The Morgan fingerprint density at radius 1 is 0.349 bits per heavy atom. The third-order valence-electron chi connectivity index (χ3n) is 7.77. The van der Waals surface area contributed by atoms with Gasteiger partial charge in [0.05, 0.1) is 0 Å². The molecule has 0 aliphatic heterocycles. The number of hydrogen-bond acceptors (Lipinski definition) is 4. The highest BCUT2D eigenvalue weighted by Gasteiger charge is 2.22. The molecule has 4 heteroatoms. The number of benzene rings is 6. The highest BCUT2D eigenvalue weighted by molar-refractivity contribution is 6.15. The molecule has 0 amide bonds. The number of para-hydroxylation sites is 1. The molecule has 0 saturated heterocycles. The van der Waals surface area contributed by atoms with Gasteiger partial charge in [0.2, 0.25) is 0 Å². The number of hydrogen-bond donors (Lipinski definition) is 0. The molecule has 0 bridgehead atoms. The molecule has 0 fully saturated rings. The van der Waals surface area contributed by atoms with Crippen molar-refractivity contribution >= 4 is 21.9 Å². The molecule has 0 saturated carbocycles. The molecule has 0 atom stereocenters. The summed E-state index contributed by atoms with van der Waals surface area (Å²) in [6.45, 7) is 0. The van der Waals surface area contributed by atoms with Crippen molar-refractivity contribution in [2.24, 2.45) is 0 Å². The molecular weight excluding hydrogens is 526 g/mol. The summed E-state index contributed by atoms with van der Waals surface area (Å²) >= 11 is 0. The Balaban J connectivity index is 1.42. The molecule has 0 aliphatic rings. The van der Waals surface area contributed by atoms with E-state index in [1.807, 2.05) is 84.9 Å². The fourth-order valence-electron chi connectivity index (χ4n) is 5.68. The van der Waals surface area contributed by atoms with Crippen molar-refractivity contribution < 1.29 is 4.42 Å². The highest BCUT2D eigenvalue weighted by atomic mass is 16.3. The van der Waals surface area contributed by atoms with Crippen molar-refractivity contribution in [2.75, 3.05) is 0 Å². The first-order chi connectivity index (χ1) is 21.3. The zero-order valence-electron chi connectivity index (χ0n) is 23.2. The molecule has 2 aromatic heterocycles. The topological polar surface area (TPSA) is 51.8 Å². The monoisotopic (exact) mass is 551 g/mol. The lowest BCUT2D eigenvalue weighted by atomic mass is 9.93. The second-order valence-electron chi connectivity index (χ2n) is 10.4. The third kappa shape index (κ3) is 4.55. The lowest BCUT2D eigenvalue weighted by Gasteiger charge is -2.14. The smallest absolute Gasteiger partial charge is 0.165 e. The fraction of sp³-hybridized carbons (Fsp3) is 0. The molecule has 0 radical (unpaired) electrons. The van der Waals surface area contributed by atoms with Gasteiger partial charge in [-0.25, -0.2) is 15.0 Å². The lowest BCUT2D eigenvalue weighted by Crippen LogP contribution is -2.01. The number of furan rings is 1. The molecular formula is C39H25N3O. The van der Waals surface area contributed by atoms with Crippen LogP contribution < -0.4 is 0 Å². The zero-order chi connectivity index (χ0) is 28.6. The molecule has 0 unspecified atom stereocenters. The van der Waals surface area contributed by atoms with Gasteiger partial charge in [-0.05, 0) is 40.5 Å². The summed E-state index contributed by atoms with van der Waals surface area (Å²) in [6.07, 6.45) is 0. The van der Waals surface area contributed by atoms with Crippen LogP contribution in [-0.4, -0.2) is 15.0 Å². The van der Waals surface area contributed by atoms with E-state index in [1.165, 1.54) is 11.1 Å². The molecule has 2 heterocycles. The molecule has 6 aromatic carbocycles. The van der Waals surface area contributed by atoms with Crippen LogP contribution in [0.4, 0.5) is 0 Å². The summed E-state index contributed by atoms with van der Waals surface area (Å²) in [5, 5.41) is 2.02. The average molecular weight is 552 g/mol. The van der Waals surface area contributed by atoms with Crippen LogP contribution in [0.25, 0.3) is 78.4 Å². The van der Waals surface area contributed by atoms with Gasteiger partial charge in [0, 0.05) is 27.5 Å². The fourth-order valence-corrected chi connectivity index (χ4v) is 5.68. The first-order valence-corrected chi connectivity index (χ1v) is 14.3. The first-order valence-electron chi connectivity index (χ1n) is 14.3. The van der Waals surface area contributed by atoms with Crippen LogP contribution in [0.1, 0.15) is 0 Å². The maximum Gasteiger partial charge on any atom is 0.165 e. The summed E-state index contributed by atoms with van der Waals surface area (Å²) in [4.78, 5) is 15.2. The molecule has 0 spiro atoms. The van der Waals surface area contributed by atoms with Gasteiger partial charge in [0.15, 0.2) is 17.5 Å². The minimum atomic E-state index is 0.604. The largest absolute Gasteiger partial charge is 0.456 e. The van der Waals surface area contributed by atoms with E-state index in [9.17, 15) is 0 Å². The molecule has 0 N–H and O–H groups in total. The van der Waals surface area contributed by atoms with Crippen molar-refractivity contribution in [1.82, 2.24) is 15.0 Å². The van der Waals surface area contributed by atoms with Crippen LogP contribution >= 0.6 is 0 Å². The minimum Gasteiger partial charge on any atom is -0.456 e. The maximum atomic E-state index is 6.34. The number of rotatable bonds is 5. The van der Waals surface area contributed by atoms with Crippen LogP contribution in [-0.2, 0) is 0 Å². The zero-order valence-corrected chi connectivity index (χ0v) is 23.2. The Morgan fingerprint density at radius 2 is 0.837 bits per heavy atom. The van der Waals surface area contributed by atoms with Crippen molar-refractivity contribution in [2.45, 2.75) is 0 Å². The van der Waals surface area contributed by atoms with E-state index in [0.717, 1.165) is 49.8 Å². The Labute approximate surface area is 249 Å². The minimum absolute atomic E-state index is 0.604. The first kappa shape index (κ1) is 24.9. The van der Waals surface area contributed by atoms with Gasteiger partial charge in [0.1, 0.15) is 11.2 Å². The van der Waals surface area contributed by atoms with E-state index < -0.39 is 0 Å². The van der Waals surface area contributed by atoms with E-state index >= 15 is 0 Å².